The van der Waals surface area contributed by atoms with E-state index in [1.54, 1.807) is 0 Å². The van der Waals surface area contributed by atoms with Crippen LogP contribution >= 0.6 is 0 Å². The second-order valence-electron chi connectivity index (χ2n) is 1.77. The molecule has 0 spiro atoms. The van der Waals surface area contributed by atoms with Crippen LogP contribution in [-0.2, 0) is 17.9 Å². The SMILES string of the molecule is CC[CH]=[Zn].[c-]1ccccc1. The van der Waals surface area contributed by atoms with E-state index in [0.717, 1.165) is 0 Å². The second kappa shape index (κ2) is 8.71. The first kappa shape index (κ1) is 9.71. The average Bonchev–Trinajstić information content (AvgIpc) is 2.08. The minimum Gasteiger partial charge on any atom is -0.184 e. The van der Waals surface area contributed by atoms with Gasteiger partial charge in [-0.1, -0.05) is 0 Å². The van der Waals surface area contributed by atoms with Crippen LogP contribution in [0.25, 0.3) is 0 Å². The molecule has 0 aliphatic rings. The van der Waals surface area contributed by atoms with Crippen molar-refractivity contribution in [3.05, 3.63) is 36.4 Å². The van der Waals surface area contributed by atoms with E-state index in [4.69, 9.17) is 0 Å². The monoisotopic (exact) mass is 183 g/mol. The minimum absolute atomic E-state index is 1.25. The largest absolute Gasteiger partial charge is 0.184 e. The van der Waals surface area contributed by atoms with E-state index in [9.17, 15) is 0 Å². The molecule has 0 aliphatic carbocycles. The Bertz CT molecular complexity index is 119. The zero-order valence-corrected chi connectivity index (χ0v) is 9.35. The van der Waals surface area contributed by atoms with Crippen LogP contribution in [0.4, 0.5) is 0 Å². The van der Waals surface area contributed by atoms with Crippen molar-refractivity contribution in [2.24, 2.45) is 0 Å². The average molecular weight is 185 g/mol. The minimum atomic E-state index is 1.25. The van der Waals surface area contributed by atoms with Gasteiger partial charge in [-0.15, -0.1) is 0 Å². The van der Waals surface area contributed by atoms with Crippen molar-refractivity contribution < 1.29 is 17.9 Å². The van der Waals surface area contributed by atoms with Gasteiger partial charge < -0.3 is 0 Å². The zero-order chi connectivity index (χ0) is 7.66. The Morgan fingerprint density at radius 1 is 1.30 bits per heavy atom. The molecule has 0 fully saturated rings. The topological polar surface area (TPSA) is 0 Å². The van der Waals surface area contributed by atoms with Crippen molar-refractivity contribution in [3.8, 4) is 0 Å². The van der Waals surface area contributed by atoms with Gasteiger partial charge in [-0.05, 0) is 0 Å². The summed E-state index contributed by atoms with van der Waals surface area (Å²) < 4.78 is 2.25. The van der Waals surface area contributed by atoms with Crippen LogP contribution in [0, 0.1) is 6.07 Å². The zero-order valence-electron chi connectivity index (χ0n) is 6.38. The molecule has 0 amide bonds. The summed E-state index contributed by atoms with van der Waals surface area (Å²) in [5.74, 6) is 0. The Kier molecular flexibility index (Phi) is 8.46. The van der Waals surface area contributed by atoms with E-state index in [1.165, 1.54) is 24.3 Å². The quantitative estimate of drug-likeness (QED) is 0.464. The number of hydrogen-bond donors (Lipinski definition) is 0. The van der Waals surface area contributed by atoms with Crippen LogP contribution in [0.5, 0.6) is 0 Å². The molecule has 1 rings (SSSR count). The van der Waals surface area contributed by atoms with Crippen LogP contribution < -0.4 is 0 Å². The van der Waals surface area contributed by atoms with Crippen LogP contribution in [0.15, 0.2) is 30.3 Å². The summed E-state index contributed by atoms with van der Waals surface area (Å²) in [5, 5.41) is 0. The Labute approximate surface area is 72.5 Å². The van der Waals surface area contributed by atoms with Crippen LogP contribution in [0.3, 0.4) is 0 Å². The molecule has 0 aliphatic heterocycles. The summed E-state index contributed by atoms with van der Waals surface area (Å²) in [6, 6.07) is 12.5. The summed E-state index contributed by atoms with van der Waals surface area (Å²) in [7, 11) is 0. The Morgan fingerprint density at radius 3 is 1.90 bits per heavy atom. The van der Waals surface area contributed by atoms with Crippen molar-refractivity contribution in [1.82, 2.24) is 0 Å². The van der Waals surface area contributed by atoms with E-state index in [0.29, 0.717) is 0 Å². The van der Waals surface area contributed by atoms with Crippen LogP contribution in [0.1, 0.15) is 13.3 Å². The Balaban J connectivity index is 0.000000180. The number of benzene rings is 1. The second-order valence-corrected chi connectivity index (χ2v) is 2.99. The molecule has 0 radical (unpaired) electrons. The van der Waals surface area contributed by atoms with Crippen molar-refractivity contribution in [2.45, 2.75) is 13.3 Å². The smallest absolute Gasteiger partial charge is 0.171 e. The fourth-order valence-corrected chi connectivity index (χ4v) is 0.342. The molecule has 0 unspecified atom stereocenters. The van der Waals surface area contributed by atoms with E-state index < -0.39 is 0 Å². The van der Waals surface area contributed by atoms with Crippen molar-refractivity contribution in [1.29, 1.82) is 0 Å². The number of rotatable bonds is 1. The number of hydrogen-bond acceptors (Lipinski definition) is 0. The van der Waals surface area contributed by atoms with Gasteiger partial charge in [0.25, 0.3) is 0 Å². The van der Waals surface area contributed by atoms with Gasteiger partial charge >= 0.3 is 35.8 Å². The molecule has 0 saturated heterocycles. The molecule has 0 nitrogen and oxygen atoms in total. The fourth-order valence-electron chi connectivity index (χ4n) is 0.342. The van der Waals surface area contributed by atoms with E-state index >= 15 is 0 Å². The molecule has 1 heteroatoms. The maximum Gasteiger partial charge on any atom is -0.171 e. The van der Waals surface area contributed by atoms with Crippen LogP contribution in [-0.4, -0.2) is 4.61 Å². The predicted molar refractivity (Wildman–Crippen MR) is 41.6 cm³/mol. The molecule has 0 atom stereocenters. The van der Waals surface area contributed by atoms with E-state index in [1.807, 2.05) is 30.3 Å². The molecule has 1 aromatic carbocycles. The van der Waals surface area contributed by atoms with Crippen molar-refractivity contribution >= 4 is 4.61 Å². The summed E-state index contributed by atoms with van der Waals surface area (Å²) in [6.07, 6.45) is 1.25. The predicted octanol–water partition coefficient (Wildman–Crippen LogP) is 2.23. The first-order valence-corrected chi connectivity index (χ1v) is 5.15. The van der Waals surface area contributed by atoms with Gasteiger partial charge in [0.15, 0.2) is 0 Å². The standard InChI is InChI=1S/C6H5.C3H6.Zn/c1-2-4-6-5-3-1;1-3-2;/h1-5H;1H,3H2,2H3;/q-1;;. The maximum atomic E-state index is 2.89. The van der Waals surface area contributed by atoms with E-state index in [-0.39, 0.29) is 0 Å². The molecular weight excluding hydrogens is 173 g/mol. The van der Waals surface area contributed by atoms with Crippen molar-refractivity contribution in [3.63, 3.8) is 0 Å². The molecule has 50 valence electrons. The molecule has 0 bridgehead atoms. The first-order chi connectivity index (χ1) is 4.91. The summed E-state index contributed by atoms with van der Waals surface area (Å²) in [5.41, 5.74) is 0. The fraction of sp³-hybridized carbons (Fsp3) is 0.222. The molecule has 0 aromatic heterocycles. The molecule has 0 saturated carbocycles. The third-order valence-electron chi connectivity index (χ3n) is 0.896. The van der Waals surface area contributed by atoms with Gasteiger partial charge in [-0.3, -0.25) is 0 Å². The summed E-state index contributed by atoms with van der Waals surface area (Å²) >= 11 is 1.34. The first-order valence-electron chi connectivity index (χ1n) is 3.43. The van der Waals surface area contributed by atoms with Crippen LogP contribution in [0.2, 0.25) is 0 Å². The molecule has 1 aromatic rings. The van der Waals surface area contributed by atoms with Gasteiger partial charge in [0.2, 0.25) is 0 Å². The summed E-state index contributed by atoms with van der Waals surface area (Å²) in [4.78, 5) is 0. The Hall–Kier alpha value is -0.287. The van der Waals surface area contributed by atoms with E-state index in [2.05, 4.69) is 17.6 Å². The molecular formula is C9H11Zn-. The molecule has 0 N–H and O–H groups in total. The van der Waals surface area contributed by atoms with Gasteiger partial charge in [0.05, 0.1) is 0 Å². The normalized spacial score (nSPS) is 7.50. The summed E-state index contributed by atoms with van der Waals surface area (Å²) in [6.45, 7) is 2.16. The van der Waals surface area contributed by atoms with Crippen molar-refractivity contribution in [2.75, 3.05) is 0 Å². The van der Waals surface area contributed by atoms with Gasteiger partial charge in [0, 0.05) is 0 Å². The van der Waals surface area contributed by atoms with Gasteiger partial charge in [-0.25, -0.2) is 0 Å². The molecule has 0 heterocycles. The van der Waals surface area contributed by atoms with Gasteiger partial charge in [0.1, 0.15) is 0 Å². The Morgan fingerprint density at radius 2 is 1.80 bits per heavy atom. The molecule has 10 heavy (non-hydrogen) atoms. The van der Waals surface area contributed by atoms with Gasteiger partial charge in [-0.2, -0.15) is 36.4 Å². The maximum absolute atomic E-state index is 2.89. The third kappa shape index (κ3) is 7.71. The third-order valence-corrected chi connectivity index (χ3v) is 2.11.